The fourth-order valence-corrected chi connectivity index (χ4v) is 4.13. The third-order valence-electron chi connectivity index (χ3n) is 4.83. The highest BCUT2D eigenvalue weighted by Gasteiger charge is 2.59. The van der Waals surface area contributed by atoms with Gasteiger partial charge in [0.05, 0.1) is 19.4 Å². The molecule has 2 aliphatic carbocycles. The molecule has 1 aromatic rings. The van der Waals surface area contributed by atoms with Crippen LogP contribution in [0.4, 0.5) is 0 Å². The van der Waals surface area contributed by atoms with E-state index in [1.54, 1.807) is 0 Å². The van der Waals surface area contributed by atoms with Crippen molar-refractivity contribution in [1.29, 1.82) is 0 Å². The van der Waals surface area contributed by atoms with Gasteiger partial charge in [-0.15, -0.1) is 0 Å². The van der Waals surface area contributed by atoms with Gasteiger partial charge in [-0.2, -0.15) is 5.10 Å². The van der Waals surface area contributed by atoms with E-state index in [-0.39, 0.29) is 5.79 Å². The van der Waals surface area contributed by atoms with E-state index in [4.69, 9.17) is 9.47 Å². The van der Waals surface area contributed by atoms with Crippen molar-refractivity contribution in [3.63, 3.8) is 0 Å². The molecule has 2 atom stereocenters. The minimum Gasteiger partial charge on any atom is -0.347 e. The third-order valence-corrected chi connectivity index (χ3v) is 4.83. The zero-order valence-electron chi connectivity index (χ0n) is 11.1. The topological polar surface area (TPSA) is 36.3 Å². The third kappa shape index (κ3) is 1.20. The lowest BCUT2D eigenvalue weighted by Crippen LogP contribution is -2.44. The Bertz CT molecular complexity index is 474. The molecule has 98 valence electrons. The molecule has 1 aromatic heterocycles. The lowest BCUT2D eigenvalue weighted by molar-refractivity contribution is -0.196. The zero-order chi connectivity index (χ0) is 12.3. The Morgan fingerprint density at radius 1 is 1.33 bits per heavy atom. The molecule has 0 amide bonds. The molecule has 4 nitrogen and oxygen atoms in total. The molecule has 2 fully saturated rings. The van der Waals surface area contributed by atoms with E-state index >= 15 is 0 Å². The number of hydrogen-bond acceptors (Lipinski definition) is 3. The minimum atomic E-state index is -0.308. The summed E-state index contributed by atoms with van der Waals surface area (Å²) >= 11 is 0. The van der Waals surface area contributed by atoms with Gasteiger partial charge < -0.3 is 9.47 Å². The molecule has 2 heterocycles. The maximum atomic E-state index is 6.04. The van der Waals surface area contributed by atoms with Gasteiger partial charge in [-0.3, -0.25) is 4.68 Å². The van der Waals surface area contributed by atoms with Crippen LogP contribution in [0.3, 0.4) is 0 Å². The monoisotopic (exact) mass is 248 g/mol. The molecule has 1 aliphatic heterocycles. The molecular formula is C14H20N2O2. The Morgan fingerprint density at radius 2 is 2.11 bits per heavy atom. The van der Waals surface area contributed by atoms with Crippen LogP contribution in [0, 0.1) is 5.92 Å². The van der Waals surface area contributed by atoms with E-state index < -0.39 is 0 Å². The highest BCUT2D eigenvalue weighted by Crippen LogP contribution is 2.56. The van der Waals surface area contributed by atoms with Crippen molar-refractivity contribution < 1.29 is 9.47 Å². The summed E-state index contributed by atoms with van der Waals surface area (Å²) in [6.45, 7) is 5.89. The first-order chi connectivity index (χ1) is 8.72. The Kier molecular flexibility index (Phi) is 2.19. The number of nitrogens with zero attached hydrogens (tertiary/aromatic N) is 2. The van der Waals surface area contributed by atoms with Crippen molar-refractivity contribution in [2.24, 2.45) is 5.92 Å². The molecule has 0 radical (unpaired) electrons. The van der Waals surface area contributed by atoms with Gasteiger partial charge >= 0.3 is 0 Å². The lowest BCUT2D eigenvalue weighted by atomic mass is 9.81. The molecule has 1 saturated carbocycles. The molecule has 4 rings (SSSR count). The van der Waals surface area contributed by atoms with Gasteiger partial charge in [0.15, 0.2) is 5.79 Å². The molecule has 0 aromatic carbocycles. The number of aromatic nitrogens is 2. The minimum absolute atomic E-state index is 0.308. The summed E-state index contributed by atoms with van der Waals surface area (Å²) in [5.41, 5.74) is 2.79. The van der Waals surface area contributed by atoms with E-state index in [0.717, 1.165) is 19.6 Å². The SMILES string of the molecule is CC(C)n1ncc2c1C[C@H]1CC[C@H]2C12OCCO2. The van der Waals surface area contributed by atoms with Crippen LogP contribution in [0.1, 0.15) is 49.9 Å². The van der Waals surface area contributed by atoms with Crippen molar-refractivity contribution in [2.45, 2.75) is 50.9 Å². The van der Waals surface area contributed by atoms with Gasteiger partial charge in [-0.25, -0.2) is 0 Å². The predicted octanol–water partition coefficient (Wildman–Crippen LogP) is 2.26. The molecule has 0 N–H and O–H groups in total. The highest BCUT2D eigenvalue weighted by molar-refractivity contribution is 5.33. The summed E-state index contributed by atoms with van der Waals surface area (Å²) in [5.74, 6) is 0.616. The normalized spacial score (nSPS) is 32.4. The van der Waals surface area contributed by atoms with Crippen molar-refractivity contribution in [3.8, 4) is 0 Å². The maximum Gasteiger partial charge on any atom is 0.178 e. The van der Waals surface area contributed by atoms with E-state index in [2.05, 4.69) is 23.6 Å². The number of rotatable bonds is 1. The number of hydrogen-bond donors (Lipinski definition) is 0. The van der Waals surface area contributed by atoms with Gasteiger partial charge in [0, 0.05) is 29.1 Å². The molecule has 18 heavy (non-hydrogen) atoms. The van der Waals surface area contributed by atoms with E-state index in [1.165, 1.54) is 24.1 Å². The zero-order valence-corrected chi connectivity index (χ0v) is 11.1. The molecule has 0 unspecified atom stereocenters. The summed E-state index contributed by atoms with van der Waals surface area (Å²) in [7, 11) is 0. The van der Waals surface area contributed by atoms with Crippen molar-refractivity contribution in [3.05, 3.63) is 17.5 Å². The molecule has 2 bridgehead atoms. The van der Waals surface area contributed by atoms with Crippen LogP contribution in [0.15, 0.2) is 6.20 Å². The van der Waals surface area contributed by atoms with Crippen molar-refractivity contribution >= 4 is 0 Å². The number of fused-ring (bicyclic) bond motifs is 2. The number of ether oxygens (including phenoxy) is 2. The second kappa shape index (κ2) is 3.58. The summed E-state index contributed by atoms with van der Waals surface area (Å²) in [6.07, 6.45) is 5.51. The average Bonchev–Trinajstić information content (AvgIpc) is 3.02. The van der Waals surface area contributed by atoms with E-state index in [1.807, 2.05) is 6.20 Å². The van der Waals surface area contributed by atoms with Crippen molar-refractivity contribution in [2.75, 3.05) is 13.2 Å². The molecular weight excluding hydrogens is 228 g/mol. The van der Waals surface area contributed by atoms with Crippen LogP contribution in [-0.4, -0.2) is 28.8 Å². The van der Waals surface area contributed by atoms with Crippen LogP contribution in [0.2, 0.25) is 0 Å². The van der Waals surface area contributed by atoms with Crippen molar-refractivity contribution in [1.82, 2.24) is 9.78 Å². The van der Waals surface area contributed by atoms with E-state index in [9.17, 15) is 0 Å². The van der Waals surface area contributed by atoms with Crippen LogP contribution < -0.4 is 0 Å². The van der Waals surface area contributed by atoms with Gasteiger partial charge in [-0.1, -0.05) is 0 Å². The fraction of sp³-hybridized carbons (Fsp3) is 0.786. The molecule has 4 heteroatoms. The van der Waals surface area contributed by atoms with Crippen LogP contribution >= 0.6 is 0 Å². The Morgan fingerprint density at radius 3 is 2.83 bits per heavy atom. The first-order valence-corrected chi connectivity index (χ1v) is 7.06. The molecule has 1 saturated heterocycles. The second-order valence-electron chi connectivity index (χ2n) is 6.03. The van der Waals surface area contributed by atoms with Crippen LogP contribution in [0.5, 0.6) is 0 Å². The molecule has 1 spiro atoms. The van der Waals surface area contributed by atoms with Gasteiger partial charge in [0.25, 0.3) is 0 Å². The van der Waals surface area contributed by atoms with Gasteiger partial charge in [0.1, 0.15) is 0 Å². The second-order valence-corrected chi connectivity index (χ2v) is 6.03. The fourth-order valence-electron chi connectivity index (χ4n) is 4.13. The standard InChI is InChI=1S/C14H20N2O2/c1-9(2)16-13-7-10-3-4-12(11(13)8-15-16)14(10)17-5-6-18-14/h8-10,12H,3-7H2,1-2H3/t10-,12-/m1/s1. The van der Waals surface area contributed by atoms with Gasteiger partial charge in [-0.05, 0) is 33.1 Å². The first-order valence-electron chi connectivity index (χ1n) is 7.06. The quantitative estimate of drug-likeness (QED) is 0.765. The smallest absolute Gasteiger partial charge is 0.178 e. The Hall–Kier alpha value is -0.870. The summed E-state index contributed by atoms with van der Waals surface area (Å²) in [5, 5.41) is 4.58. The van der Waals surface area contributed by atoms with Crippen LogP contribution in [-0.2, 0) is 15.9 Å². The highest BCUT2D eigenvalue weighted by atomic mass is 16.7. The maximum absolute atomic E-state index is 6.04. The summed E-state index contributed by atoms with van der Waals surface area (Å²) < 4.78 is 14.3. The first kappa shape index (κ1) is 11.0. The Labute approximate surface area is 107 Å². The summed E-state index contributed by atoms with van der Waals surface area (Å²) in [6, 6.07) is 0.438. The molecule has 3 aliphatic rings. The van der Waals surface area contributed by atoms with Crippen LogP contribution in [0.25, 0.3) is 0 Å². The Balaban J connectivity index is 1.81. The average molecular weight is 248 g/mol. The predicted molar refractivity (Wildman–Crippen MR) is 66.4 cm³/mol. The summed E-state index contributed by atoms with van der Waals surface area (Å²) in [4.78, 5) is 0. The van der Waals surface area contributed by atoms with E-state index in [0.29, 0.717) is 17.9 Å². The lowest BCUT2D eigenvalue weighted by Gasteiger charge is -2.38. The van der Waals surface area contributed by atoms with Gasteiger partial charge in [0.2, 0.25) is 0 Å². The largest absolute Gasteiger partial charge is 0.347 e.